The molecule has 110 valence electrons. The van der Waals surface area contributed by atoms with Crippen LogP contribution in [0.3, 0.4) is 0 Å². The molecule has 1 saturated heterocycles. The molecule has 1 aromatic carbocycles. The Hall–Kier alpha value is -2.14. The van der Waals surface area contributed by atoms with Crippen LogP contribution in [-0.4, -0.2) is 28.8 Å². The number of hydrogen-bond acceptors (Lipinski definition) is 3. The fourth-order valence-electron chi connectivity index (χ4n) is 2.65. The summed E-state index contributed by atoms with van der Waals surface area (Å²) in [6.07, 6.45) is 5.24. The van der Waals surface area contributed by atoms with Gasteiger partial charge in [0.25, 0.3) is 0 Å². The van der Waals surface area contributed by atoms with Gasteiger partial charge in [-0.25, -0.2) is 0 Å². The number of amides is 1. The first kappa shape index (κ1) is 13.8. The Bertz CT molecular complexity index is 587. The molecule has 0 bridgehead atoms. The first-order valence-electron chi connectivity index (χ1n) is 7.36. The molecule has 21 heavy (non-hydrogen) atoms. The lowest BCUT2D eigenvalue weighted by Crippen LogP contribution is -2.18. The van der Waals surface area contributed by atoms with E-state index in [0.29, 0.717) is 18.9 Å². The van der Waals surface area contributed by atoms with E-state index >= 15 is 0 Å². The van der Waals surface area contributed by atoms with Crippen molar-refractivity contribution in [2.45, 2.75) is 19.4 Å². The van der Waals surface area contributed by atoms with Crippen LogP contribution >= 0.6 is 0 Å². The smallest absolute Gasteiger partial charge is 0.224 e. The van der Waals surface area contributed by atoms with Crippen LogP contribution in [0.5, 0.6) is 0 Å². The number of carbonyl (C=O) groups excluding carboxylic acids is 1. The standard InChI is InChI=1S/C16H20N4O/c21-16(8-14-6-7-17-9-14)19-15-10-18-20(12-15)11-13-4-2-1-3-5-13/h1-5,10,12,14,17H,6-9,11H2,(H,19,21). The summed E-state index contributed by atoms with van der Waals surface area (Å²) in [4.78, 5) is 12.0. The van der Waals surface area contributed by atoms with E-state index in [1.54, 1.807) is 6.20 Å². The van der Waals surface area contributed by atoms with Crippen LogP contribution in [0.4, 0.5) is 5.69 Å². The minimum atomic E-state index is 0.0722. The molecule has 1 unspecified atom stereocenters. The predicted octanol–water partition coefficient (Wildman–Crippen LogP) is 1.87. The van der Waals surface area contributed by atoms with Crippen LogP contribution in [0.1, 0.15) is 18.4 Å². The van der Waals surface area contributed by atoms with Crippen molar-refractivity contribution in [2.75, 3.05) is 18.4 Å². The van der Waals surface area contributed by atoms with Crippen LogP contribution < -0.4 is 10.6 Å². The van der Waals surface area contributed by atoms with Crippen LogP contribution in [0.25, 0.3) is 0 Å². The summed E-state index contributed by atoms with van der Waals surface area (Å²) in [5.41, 5.74) is 1.96. The average molecular weight is 284 g/mol. The zero-order valence-corrected chi connectivity index (χ0v) is 12.0. The van der Waals surface area contributed by atoms with Gasteiger partial charge in [-0.05, 0) is 31.0 Å². The Kier molecular flexibility index (Phi) is 4.31. The zero-order valence-electron chi connectivity index (χ0n) is 12.0. The lowest BCUT2D eigenvalue weighted by atomic mass is 10.0. The van der Waals surface area contributed by atoms with Gasteiger partial charge in [0.05, 0.1) is 18.4 Å². The summed E-state index contributed by atoms with van der Waals surface area (Å²) in [5.74, 6) is 0.535. The van der Waals surface area contributed by atoms with E-state index in [2.05, 4.69) is 27.9 Å². The van der Waals surface area contributed by atoms with Gasteiger partial charge < -0.3 is 10.6 Å². The third-order valence-corrected chi connectivity index (χ3v) is 3.74. The van der Waals surface area contributed by atoms with Crippen molar-refractivity contribution in [1.29, 1.82) is 0 Å². The highest BCUT2D eigenvalue weighted by molar-refractivity contribution is 5.90. The molecular weight excluding hydrogens is 264 g/mol. The van der Waals surface area contributed by atoms with Gasteiger partial charge in [-0.3, -0.25) is 9.48 Å². The third-order valence-electron chi connectivity index (χ3n) is 3.74. The van der Waals surface area contributed by atoms with E-state index < -0.39 is 0 Å². The highest BCUT2D eigenvalue weighted by Gasteiger charge is 2.18. The van der Waals surface area contributed by atoms with Crippen molar-refractivity contribution in [3.63, 3.8) is 0 Å². The molecule has 1 fully saturated rings. The van der Waals surface area contributed by atoms with Crippen LogP contribution in [0.2, 0.25) is 0 Å². The maximum absolute atomic E-state index is 12.0. The number of rotatable bonds is 5. The molecule has 0 aliphatic carbocycles. The number of carbonyl (C=O) groups is 1. The second-order valence-corrected chi connectivity index (χ2v) is 5.52. The highest BCUT2D eigenvalue weighted by Crippen LogP contribution is 2.14. The largest absolute Gasteiger partial charge is 0.323 e. The summed E-state index contributed by atoms with van der Waals surface area (Å²) in [7, 11) is 0. The molecule has 1 atom stereocenters. The quantitative estimate of drug-likeness (QED) is 0.881. The lowest BCUT2D eigenvalue weighted by molar-refractivity contribution is -0.116. The van der Waals surface area contributed by atoms with Crippen LogP contribution in [-0.2, 0) is 11.3 Å². The molecule has 0 saturated carbocycles. The Balaban J connectivity index is 1.53. The van der Waals surface area contributed by atoms with Gasteiger partial charge in [0, 0.05) is 12.6 Å². The molecule has 2 aromatic rings. The molecule has 1 amide bonds. The highest BCUT2D eigenvalue weighted by atomic mass is 16.1. The summed E-state index contributed by atoms with van der Waals surface area (Å²) >= 11 is 0. The van der Waals surface area contributed by atoms with Gasteiger partial charge in [0.2, 0.25) is 5.91 Å². The molecule has 5 heteroatoms. The second-order valence-electron chi connectivity index (χ2n) is 5.52. The number of aromatic nitrogens is 2. The monoisotopic (exact) mass is 284 g/mol. The van der Waals surface area contributed by atoms with Gasteiger partial charge in [0.15, 0.2) is 0 Å². The number of nitrogens with one attached hydrogen (secondary N) is 2. The van der Waals surface area contributed by atoms with E-state index in [0.717, 1.165) is 25.2 Å². The Morgan fingerprint density at radius 2 is 2.24 bits per heavy atom. The average Bonchev–Trinajstić information content (AvgIpc) is 3.12. The maximum atomic E-state index is 12.0. The SMILES string of the molecule is O=C(CC1CCNC1)Nc1cnn(Cc2ccccc2)c1. The van der Waals surface area contributed by atoms with E-state index in [-0.39, 0.29) is 5.91 Å². The zero-order chi connectivity index (χ0) is 14.5. The maximum Gasteiger partial charge on any atom is 0.224 e. The fourth-order valence-corrected chi connectivity index (χ4v) is 2.65. The van der Waals surface area contributed by atoms with Crippen LogP contribution in [0, 0.1) is 5.92 Å². The number of hydrogen-bond donors (Lipinski definition) is 2. The Morgan fingerprint density at radius 1 is 1.38 bits per heavy atom. The van der Waals surface area contributed by atoms with Crippen molar-refractivity contribution in [2.24, 2.45) is 5.92 Å². The van der Waals surface area contributed by atoms with Crippen molar-refractivity contribution in [3.05, 3.63) is 48.3 Å². The predicted molar refractivity (Wildman–Crippen MR) is 82.0 cm³/mol. The van der Waals surface area contributed by atoms with Crippen molar-refractivity contribution in [3.8, 4) is 0 Å². The van der Waals surface area contributed by atoms with Crippen molar-refractivity contribution in [1.82, 2.24) is 15.1 Å². The van der Waals surface area contributed by atoms with E-state index in [1.807, 2.05) is 29.1 Å². The Labute approximate surface area is 124 Å². The van der Waals surface area contributed by atoms with Crippen molar-refractivity contribution >= 4 is 11.6 Å². The molecular formula is C16H20N4O. The molecule has 5 nitrogen and oxygen atoms in total. The number of nitrogens with zero attached hydrogens (tertiary/aromatic N) is 2. The van der Waals surface area contributed by atoms with Gasteiger partial charge in [-0.1, -0.05) is 30.3 Å². The van der Waals surface area contributed by atoms with E-state index in [1.165, 1.54) is 5.56 Å². The Morgan fingerprint density at radius 3 is 3.00 bits per heavy atom. The third kappa shape index (κ3) is 3.92. The number of benzene rings is 1. The normalized spacial score (nSPS) is 17.8. The second kappa shape index (κ2) is 6.54. The molecule has 0 spiro atoms. The lowest BCUT2D eigenvalue weighted by Gasteiger charge is -2.07. The summed E-state index contributed by atoms with van der Waals surface area (Å²) in [6, 6.07) is 10.1. The minimum absolute atomic E-state index is 0.0722. The molecule has 3 rings (SSSR count). The molecule has 1 aliphatic rings. The summed E-state index contributed by atoms with van der Waals surface area (Å²) in [5, 5.41) is 10.5. The van der Waals surface area contributed by atoms with Gasteiger partial charge in [-0.2, -0.15) is 5.10 Å². The topological polar surface area (TPSA) is 59.0 Å². The molecule has 1 aromatic heterocycles. The molecule has 0 radical (unpaired) electrons. The van der Waals surface area contributed by atoms with Crippen LogP contribution in [0.15, 0.2) is 42.7 Å². The molecule has 1 aliphatic heterocycles. The number of anilines is 1. The summed E-state index contributed by atoms with van der Waals surface area (Å²) in [6.45, 7) is 2.68. The van der Waals surface area contributed by atoms with E-state index in [9.17, 15) is 4.79 Å². The first-order chi connectivity index (χ1) is 10.3. The van der Waals surface area contributed by atoms with Gasteiger partial charge in [0.1, 0.15) is 0 Å². The summed E-state index contributed by atoms with van der Waals surface area (Å²) < 4.78 is 1.84. The molecule has 2 heterocycles. The van der Waals surface area contributed by atoms with Gasteiger partial charge in [-0.15, -0.1) is 0 Å². The fraction of sp³-hybridized carbons (Fsp3) is 0.375. The minimum Gasteiger partial charge on any atom is -0.323 e. The van der Waals surface area contributed by atoms with E-state index in [4.69, 9.17) is 0 Å². The van der Waals surface area contributed by atoms with Gasteiger partial charge >= 0.3 is 0 Å². The first-order valence-corrected chi connectivity index (χ1v) is 7.36. The van der Waals surface area contributed by atoms with Crippen molar-refractivity contribution < 1.29 is 4.79 Å². The molecule has 2 N–H and O–H groups in total.